The average molecular weight is 590 g/mol. The first-order valence-corrected chi connectivity index (χ1v) is 15.6. The van der Waals surface area contributed by atoms with Gasteiger partial charge in [-0.1, -0.05) is 12.2 Å². The highest BCUT2D eigenvalue weighted by atomic mass is 16.3. The molecule has 0 saturated heterocycles. The zero-order chi connectivity index (χ0) is 31.6. The summed E-state index contributed by atoms with van der Waals surface area (Å²) >= 11 is 0. The molecule has 5 heterocycles. The van der Waals surface area contributed by atoms with Crippen molar-refractivity contribution < 1.29 is 8.98 Å². The van der Waals surface area contributed by atoms with Gasteiger partial charge in [-0.25, -0.2) is 4.79 Å². The largest absolute Gasteiger partial charge is 0.454 e. The molecule has 0 N–H and O–H groups in total. The van der Waals surface area contributed by atoms with E-state index in [1.807, 2.05) is 0 Å². The van der Waals surface area contributed by atoms with Crippen LogP contribution in [0.1, 0.15) is 66.5 Å². The Balaban J connectivity index is 1.63. The Morgan fingerprint density at radius 3 is 1.84 bits per heavy atom. The summed E-state index contributed by atoms with van der Waals surface area (Å²) in [4.78, 5) is 32.5. The van der Waals surface area contributed by atoms with E-state index in [1.165, 1.54) is 11.1 Å². The van der Waals surface area contributed by atoms with Crippen LogP contribution in [0.15, 0.2) is 56.5 Å². The van der Waals surface area contributed by atoms with Crippen LogP contribution in [-0.2, 0) is 14.1 Å². The summed E-state index contributed by atoms with van der Waals surface area (Å²) in [5, 5.41) is 2.11. The van der Waals surface area contributed by atoms with Crippen LogP contribution >= 0.6 is 0 Å². The van der Waals surface area contributed by atoms with Gasteiger partial charge in [-0.05, 0) is 90.8 Å². The van der Waals surface area contributed by atoms with Gasteiger partial charge in [0.2, 0.25) is 5.52 Å². The summed E-state index contributed by atoms with van der Waals surface area (Å²) in [5.74, 6) is 0.509. The van der Waals surface area contributed by atoms with Crippen molar-refractivity contribution in [2.45, 2.75) is 66.5 Å². The van der Waals surface area contributed by atoms with Gasteiger partial charge in [0, 0.05) is 48.4 Å². The van der Waals surface area contributed by atoms with Crippen molar-refractivity contribution in [1.29, 1.82) is 0 Å². The molecular formula is C37H41N4O3+. The molecule has 4 aliphatic heterocycles. The van der Waals surface area contributed by atoms with E-state index in [2.05, 4.69) is 102 Å². The molecule has 4 aliphatic rings. The van der Waals surface area contributed by atoms with Crippen molar-refractivity contribution in [1.82, 2.24) is 4.57 Å². The number of aryl methyl sites for hydroxylation is 2. The predicted octanol–water partition coefficient (Wildman–Crippen LogP) is 6.77. The lowest BCUT2D eigenvalue weighted by Gasteiger charge is -2.43. The monoisotopic (exact) mass is 589 g/mol. The molecule has 0 spiro atoms. The van der Waals surface area contributed by atoms with E-state index in [1.54, 1.807) is 29.3 Å². The lowest BCUT2D eigenvalue weighted by atomic mass is 9.87. The third-order valence-electron chi connectivity index (χ3n) is 10.1. The standard InChI is InChI=1S/C37H41N4O3/c1-11-40-30-16-28-24(13-22(30)20(3)18-36(40,5)6)32-26(34(42)38(28)9)15-27-33(44-32)25-14-23-21(4)19-37(7,8)41(12-2)31(23)17-29(25)39(10)35(27)43/h13-19H,11-12H2,1-10H3/q+1. The summed E-state index contributed by atoms with van der Waals surface area (Å²) in [6.45, 7) is 19.2. The van der Waals surface area contributed by atoms with Crippen LogP contribution in [-0.4, -0.2) is 28.7 Å². The van der Waals surface area contributed by atoms with Gasteiger partial charge in [-0.2, -0.15) is 4.57 Å². The Morgan fingerprint density at radius 1 is 0.750 bits per heavy atom. The molecule has 1 aromatic heterocycles. The van der Waals surface area contributed by atoms with E-state index in [0.717, 1.165) is 57.4 Å². The molecule has 0 saturated carbocycles. The van der Waals surface area contributed by atoms with Crippen molar-refractivity contribution in [3.8, 4) is 11.3 Å². The maximum Gasteiger partial charge on any atom is 0.423 e. The number of anilines is 2. The molecule has 7 rings (SSSR count). The van der Waals surface area contributed by atoms with Crippen LogP contribution in [0.5, 0.6) is 0 Å². The second kappa shape index (κ2) is 9.07. The Morgan fingerprint density at radius 2 is 1.27 bits per heavy atom. The van der Waals surface area contributed by atoms with Gasteiger partial charge in [0.1, 0.15) is 18.2 Å². The molecule has 44 heavy (non-hydrogen) atoms. The summed E-state index contributed by atoms with van der Waals surface area (Å²) in [7, 11) is 3.60. The maximum atomic E-state index is 13.9. The fraction of sp³-hybridized carbons (Fsp3) is 0.378. The number of benzene rings is 2. The molecule has 0 fully saturated rings. The molecule has 2 aromatic carbocycles. The number of allylic oxidation sites excluding steroid dienone is 2. The summed E-state index contributed by atoms with van der Waals surface area (Å²) in [5.41, 5.74) is 8.70. The normalized spacial score (nSPS) is 17.3. The van der Waals surface area contributed by atoms with Gasteiger partial charge in [0.05, 0.1) is 33.1 Å². The van der Waals surface area contributed by atoms with Gasteiger partial charge in [-0.15, -0.1) is 0 Å². The van der Waals surface area contributed by atoms with E-state index in [9.17, 15) is 9.59 Å². The molecule has 226 valence electrons. The minimum absolute atomic E-state index is 0.150. The van der Waals surface area contributed by atoms with E-state index >= 15 is 0 Å². The Labute approximate surface area is 257 Å². The molecule has 0 amide bonds. The summed E-state index contributed by atoms with van der Waals surface area (Å²) in [6, 6.07) is 10.3. The molecule has 0 bridgehead atoms. The van der Waals surface area contributed by atoms with Gasteiger partial charge in [0.15, 0.2) is 5.76 Å². The first-order valence-electron chi connectivity index (χ1n) is 15.6. The molecule has 0 radical (unpaired) electrons. The quantitative estimate of drug-likeness (QED) is 0.129. The third kappa shape index (κ3) is 3.64. The van der Waals surface area contributed by atoms with Crippen molar-refractivity contribution in [2.24, 2.45) is 14.1 Å². The summed E-state index contributed by atoms with van der Waals surface area (Å²) in [6.07, 6.45) is 4.61. The number of hydrogen-bond donors (Lipinski definition) is 0. The van der Waals surface area contributed by atoms with E-state index in [-0.39, 0.29) is 22.2 Å². The number of pyridine rings is 2. The highest BCUT2D eigenvalue weighted by Crippen LogP contribution is 2.44. The first-order chi connectivity index (χ1) is 20.7. The molecule has 7 heteroatoms. The van der Waals surface area contributed by atoms with Crippen molar-refractivity contribution in [2.75, 3.05) is 22.9 Å². The van der Waals surface area contributed by atoms with Gasteiger partial charge in [-0.3, -0.25) is 4.79 Å². The minimum atomic E-state index is -0.185. The van der Waals surface area contributed by atoms with Crippen LogP contribution in [0, 0.1) is 0 Å². The number of rotatable bonds is 2. The van der Waals surface area contributed by atoms with Crippen molar-refractivity contribution >= 4 is 55.3 Å². The van der Waals surface area contributed by atoms with E-state index in [0.29, 0.717) is 22.3 Å². The molecule has 0 unspecified atom stereocenters. The number of aromatic nitrogens is 2. The molecule has 0 aliphatic carbocycles. The number of hydrogen-bond acceptors (Lipinski definition) is 5. The lowest BCUT2D eigenvalue weighted by molar-refractivity contribution is -0.658. The Kier molecular flexibility index (Phi) is 5.85. The second-order valence-corrected chi connectivity index (χ2v) is 13.7. The smallest absolute Gasteiger partial charge is 0.423 e. The Hall–Kier alpha value is -4.39. The number of fused-ring (bicyclic) bond motifs is 8. The SMILES string of the molecule is CCN1c2cc3c(cc2C(C)=CC1(C)C)c1oc2c4cc5c(cc4[n+](C)c(=O)c-2cc1c(=O)n3C)N(CC)C(C)(C)C=C5C. The maximum absolute atomic E-state index is 13.9. The van der Waals surface area contributed by atoms with E-state index in [4.69, 9.17) is 4.42 Å². The van der Waals surface area contributed by atoms with Crippen LogP contribution < -0.4 is 25.5 Å². The minimum Gasteiger partial charge on any atom is -0.454 e. The third-order valence-corrected chi connectivity index (χ3v) is 10.1. The number of nitrogens with zero attached hydrogens (tertiary/aromatic N) is 4. The van der Waals surface area contributed by atoms with Crippen molar-refractivity contribution in [3.63, 3.8) is 0 Å². The molecule has 7 nitrogen and oxygen atoms in total. The highest BCUT2D eigenvalue weighted by Gasteiger charge is 2.35. The first kappa shape index (κ1) is 28.4. The van der Waals surface area contributed by atoms with Gasteiger partial charge >= 0.3 is 5.56 Å². The van der Waals surface area contributed by atoms with Gasteiger partial charge < -0.3 is 18.8 Å². The van der Waals surface area contributed by atoms with Gasteiger partial charge in [0.25, 0.3) is 5.56 Å². The van der Waals surface area contributed by atoms with E-state index < -0.39 is 0 Å². The fourth-order valence-electron chi connectivity index (χ4n) is 8.08. The zero-order valence-corrected chi connectivity index (χ0v) is 27.5. The fourth-order valence-corrected chi connectivity index (χ4v) is 8.08. The number of likely N-dealkylation sites (N-methyl/N-ethyl adjacent to an activating group) is 2. The summed E-state index contributed by atoms with van der Waals surface area (Å²) < 4.78 is 10.2. The molecule has 0 atom stereocenters. The van der Waals surface area contributed by atoms with Crippen molar-refractivity contribution in [3.05, 3.63) is 74.3 Å². The predicted molar refractivity (Wildman–Crippen MR) is 182 cm³/mol. The average Bonchev–Trinajstić information content (AvgIpc) is 2.96. The molecule has 3 aromatic rings. The highest BCUT2D eigenvalue weighted by molar-refractivity contribution is 6.08. The van der Waals surface area contributed by atoms with Crippen LogP contribution in [0.3, 0.4) is 0 Å². The van der Waals surface area contributed by atoms with Crippen LogP contribution in [0.25, 0.3) is 55.2 Å². The second-order valence-electron chi connectivity index (χ2n) is 13.7. The molecular weight excluding hydrogens is 548 g/mol. The zero-order valence-electron chi connectivity index (χ0n) is 27.5. The van der Waals surface area contributed by atoms with Crippen LogP contribution in [0.2, 0.25) is 0 Å². The van der Waals surface area contributed by atoms with Crippen LogP contribution in [0.4, 0.5) is 11.4 Å². The Bertz CT molecular complexity index is 2220. The topological polar surface area (TPSA) is 62.6 Å². The lowest BCUT2D eigenvalue weighted by Crippen LogP contribution is -2.48.